The van der Waals surface area contributed by atoms with Gasteiger partial charge in [0.05, 0.1) is 0 Å². The van der Waals surface area contributed by atoms with E-state index >= 15 is 0 Å². The monoisotopic (exact) mass is 216 g/mol. The van der Waals surface area contributed by atoms with Crippen LogP contribution in [0.5, 0.6) is 0 Å². The third-order valence-corrected chi connectivity index (χ3v) is 2.64. The zero-order chi connectivity index (χ0) is 11.1. The fraction of sp³-hybridized carbons (Fsp3) is 0.444. The van der Waals surface area contributed by atoms with Gasteiger partial charge in [0.15, 0.2) is 0 Å². The van der Waals surface area contributed by atoms with Crippen LogP contribution in [-0.4, -0.2) is 11.5 Å². The van der Waals surface area contributed by atoms with Crippen LogP contribution in [0.2, 0.25) is 0 Å². The lowest BCUT2D eigenvalue weighted by Gasteiger charge is -2.18. The number of hydrogen-bond acceptors (Lipinski definition) is 1. The van der Waals surface area contributed by atoms with Crippen LogP contribution in [0.1, 0.15) is 17.7 Å². The first-order valence-electron chi connectivity index (χ1n) is 4.90. The first kappa shape index (κ1) is 10.3. The number of fused-ring (bicyclic) bond motifs is 1. The molecule has 0 aromatic carbocycles. The maximum atomic E-state index is 12.3. The van der Waals surface area contributed by atoms with Gasteiger partial charge in [-0.05, 0) is 31.3 Å². The highest BCUT2D eigenvalue weighted by atomic mass is 19.4. The number of rotatable bonds is 2. The van der Waals surface area contributed by atoms with Crippen LogP contribution in [0.4, 0.5) is 12.9 Å². The summed E-state index contributed by atoms with van der Waals surface area (Å²) in [6, 6.07) is 2.87. The smallest absolute Gasteiger partial charge is 0.448 e. The van der Waals surface area contributed by atoms with E-state index in [1.54, 1.807) is 6.07 Å². The van der Waals surface area contributed by atoms with Gasteiger partial charge < -0.3 is 17.5 Å². The van der Waals surface area contributed by atoms with Crippen LogP contribution in [0, 0.1) is 0 Å². The Morgan fingerprint density at radius 1 is 1.27 bits per heavy atom. The highest BCUT2D eigenvalue weighted by Crippen LogP contribution is 2.21. The van der Waals surface area contributed by atoms with Crippen LogP contribution in [0.25, 0.3) is 0 Å². The molecule has 0 radical (unpaired) electrons. The van der Waals surface area contributed by atoms with Gasteiger partial charge in [0.1, 0.15) is 0 Å². The Morgan fingerprint density at radius 3 is 2.67 bits per heavy atom. The van der Waals surface area contributed by atoms with Crippen LogP contribution in [-0.2, 0) is 19.3 Å². The molecular formula is C9H10BF3NO-. The van der Waals surface area contributed by atoms with Gasteiger partial charge in [-0.1, -0.05) is 6.07 Å². The van der Waals surface area contributed by atoms with Crippen LogP contribution < -0.4 is 5.56 Å². The minimum atomic E-state index is -4.95. The lowest BCUT2D eigenvalue weighted by molar-refractivity contribution is 0.440. The molecule has 0 spiro atoms. The Balaban J connectivity index is 2.46. The summed E-state index contributed by atoms with van der Waals surface area (Å²) in [4.78, 5) is 11.3. The molecule has 2 rings (SSSR count). The number of hydrogen-bond donors (Lipinski definition) is 0. The molecule has 0 aliphatic heterocycles. The minimum Gasteiger partial charge on any atom is -0.448 e. The van der Waals surface area contributed by atoms with Crippen LogP contribution in [0.15, 0.2) is 16.9 Å². The third kappa shape index (κ3) is 2.08. The second kappa shape index (κ2) is 3.43. The molecule has 0 saturated heterocycles. The van der Waals surface area contributed by atoms with E-state index in [2.05, 4.69) is 0 Å². The maximum Gasteiger partial charge on any atom is 0.497 e. The summed E-state index contributed by atoms with van der Waals surface area (Å²) in [6.45, 7) is -4.95. The Hall–Kier alpha value is -1.20. The Kier molecular flexibility index (Phi) is 2.36. The average molecular weight is 216 g/mol. The van der Waals surface area contributed by atoms with E-state index in [1.807, 2.05) is 0 Å². The van der Waals surface area contributed by atoms with Crippen molar-refractivity contribution in [2.75, 3.05) is 0 Å². The number of nitrogens with zero attached hydrogens (tertiary/aromatic N) is 1. The van der Waals surface area contributed by atoms with Crippen molar-refractivity contribution in [3.05, 3.63) is 33.7 Å². The molecule has 15 heavy (non-hydrogen) atoms. The molecule has 2 nitrogen and oxygen atoms in total. The molecule has 1 aromatic rings. The highest BCUT2D eigenvalue weighted by molar-refractivity contribution is 6.57. The molecule has 82 valence electrons. The molecule has 1 aliphatic rings. The van der Waals surface area contributed by atoms with E-state index in [1.165, 1.54) is 6.07 Å². The number of aromatic nitrogens is 1. The summed E-state index contributed by atoms with van der Waals surface area (Å²) in [6.07, 6.45) is 1.09. The van der Waals surface area contributed by atoms with Gasteiger partial charge in [-0.2, -0.15) is 0 Å². The lowest BCUT2D eigenvalue weighted by atomic mass is 9.91. The number of aryl methyl sites for hydroxylation is 1. The topological polar surface area (TPSA) is 22.0 Å². The molecule has 1 aliphatic carbocycles. The van der Waals surface area contributed by atoms with Crippen molar-refractivity contribution in [1.29, 1.82) is 0 Å². The number of halogens is 3. The Morgan fingerprint density at radius 2 is 2.00 bits per heavy atom. The second-order valence-electron chi connectivity index (χ2n) is 3.82. The zero-order valence-electron chi connectivity index (χ0n) is 8.05. The summed E-state index contributed by atoms with van der Waals surface area (Å²) in [5.74, 6) is 0. The van der Waals surface area contributed by atoms with E-state index in [4.69, 9.17) is 0 Å². The molecule has 0 N–H and O–H groups in total. The van der Waals surface area contributed by atoms with E-state index < -0.39 is 19.0 Å². The summed E-state index contributed by atoms with van der Waals surface area (Å²) < 4.78 is 37.8. The van der Waals surface area contributed by atoms with Gasteiger partial charge in [-0.25, -0.2) is 0 Å². The quantitative estimate of drug-likeness (QED) is 0.690. The molecular weight excluding hydrogens is 206 g/mol. The normalized spacial score (nSPS) is 15.4. The molecule has 0 fully saturated rings. The molecule has 1 aromatic heterocycles. The summed E-state index contributed by atoms with van der Waals surface area (Å²) in [7, 11) is 0. The van der Waals surface area contributed by atoms with Gasteiger partial charge in [-0.3, -0.25) is 4.79 Å². The van der Waals surface area contributed by atoms with Crippen molar-refractivity contribution in [2.24, 2.45) is 0 Å². The van der Waals surface area contributed by atoms with E-state index in [9.17, 15) is 17.7 Å². The molecule has 6 heteroatoms. The predicted octanol–water partition coefficient (Wildman–Crippen LogP) is 1.72. The average Bonchev–Trinajstić information content (AvgIpc) is 2.56. The van der Waals surface area contributed by atoms with Gasteiger partial charge >= 0.3 is 6.98 Å². The van der Waals surface area contributed by atoms with Crippen molar-refractivity contribution >= 4 is 6.98 Å². The van der Waals surface area contributed by atoms with Crippen molar-refractivity contribution in [2.45, 2.75) is 25.7 Å². The van der Waals surface area contributed by atoms with E-state index in [0.717, 1.165) is 23.0 Å². The van der Waals surface area contributed by atoms with Crippen molar-refractivity contribution in [1.82, 2.24) is 4.57 Å². The predicted molar refractivity (Wildman–Crippen MR) is 51.8 cm³/mol. The molecule has 0 unspecified atom stereocenters. The summed E-state index contributed by atoms with van der Waals surface area (Å²) in [5, 5.41) is 0. The Bertz CT molecular complexity index is 438. The SMILES string of the molecule is O=c1ccc2c(n1C[B-](F)(F)F)CCC2. The largest absolute Gasteiger partial charge is 0.497 e. The molecule has 1 heterocycles. The van der Waals surface area contributed by atoms with Crippen molar-refractivity contribution in [3.63, 3.8) is 0 Å². The first-order chi connectivity index (χ1) is 6.97. The summed E-state index contributed by atoms with van der Waals surface area (Å²) in [5.41, 5.74) is 0.909. The standard InChI is InChI=1S/C9H10BF3NO/c11-10(12,13)6-14-8-3-1-2-7(8)4-5-9(14)15/h4-5H,1-3,6H2/q-1. The Labute approximate surface area is 84.8 Å². The van der Waals surface area contributed by atoms with E-state index in [-0.39, 0.29) is 0 Å². The van der Waals surface area contributed by atoms with Gasteiger partial charge in [0.2, 0.25) is 5.56 Å². The van der Waals surface area contributed by atoms with Gasteiger partial charge in [0, 0.05) is 11.8 Å². The fourth-order valence-corrected chi connectivity index (χ4v) is 2.04. The molecule has 0 bridgehead atoms. The lowest BCUT2D eigenvalue weighted by Crippen LogP contribution is -2.33. The van der Waals surface area contributed by atoms with E-state index in [0.29, 0.717) is 12.1 Å². The van der Waals surface area contributed by atoms with Crippen LogP contribution >= 0.6 is 0 Å². The van der Waals surface area contributed by atoms with Gasteiger partial charge in [-0.15, -0.1) is 0 Å². The molecule has 0 saturated carbocycles. The second-order valence-corrected chi connectivity index (χ2v) is 3.82. The van der Waals surface area contributed by atoms with Crippen molar-refractivity contribution < 1.29 is 12.9 Å². The first-order valence-corrected chi connectivity index (χ1v) is 4.90. The molecule has 0 amide bonds. The van der Waals surface area contributed by atoms with Crippen LogP contribution in [0.3, 0.4) is 0 Å². The summed E-state index contributed by atoms with van der Waals surface area (Å²) >= 11 is 0. The number of pyridine rings is 1. The fourth-order valence-electron chi connectivity index (χ4n) is 2.04. The van der Waals surface area contributed by atoms with Crippen molar-refractivity contribution in [3.8, 4) is 0 Å². The minimum absolute atomic E-state index is 0.546. The molecule has 0 atom stereocenters. The highest BCUT2D eigenvalue weighted by Gasteiger charge is 2.26. The maximum absolute atomic E-state index is 12.3. The van der Waals surface area contributed by atoms with Gasteiger partial charge in [0.25, 0.3) is 0 Å². The third-order valence-electron chi connectivity index (χ3n) is 2.64. The zero-order valence-corrected chi connectivity index (χ0v) is 8.05.